The summed E-state index contributed by atoms with van der Waals surface area (Å²) in [7, 11) is 0. The van der Waals surface area contributed by atoms with E-state index in [4.69, 9.17) is 8.76 Å². The minimum atomic E-state index is -4.59. The summed E-state index contributed by atoms with van der Waals surface area (Å²) in [6.45, 7) is 0. The summed E-state index contributed by atoms with van der Waals surface area (Å²) in [5.41, 5.74) is 0. The molecule has 0 aromatic rings. The molecule has 0 aliphatic heterocycles. The van der Waals surface area contributed by atoms with E-state index in [1.54, 1.807) is 0 Å². The highest BCUT2D eigenvalue weighted by atomic mass is 32.2. The lowest BCUT2D eigenvalue weighted by Crippen LogP contribution is -2.17. The van der Waals surface area contributed by atoms with Crippen molar-refractivity contribution in [1.82, 2.24) is 0 Å². The quantitative estimate of drug-likeness (QED) is 0.586. The van der Waals surface area contributed by atoms with Crippen molar-refractivity contribution < 1.29 is 30.7 Å². The maximum atomic E-state index is 10.9. The highest BCUT2D eigenvalue weighted by Crippen LogP contribution is 2.14. The number of halogens is 3. The second-order valence-corrected chi connectivity index (χ2v) is 3.16. The van der Waals surface area contributed by atoms with Crippen LogP contribution in [0.25, 0.3) is 0 Å². The van der Waals surface area contributed by atoms with Crippen LogP contribution in [0.4, 0.5) is 13.2 Å². The third kappa shape index (κ3) is 32.4. The van der Waals surface area contributed by atoms with Crippen LogP contribution in [0, 0.1) is 0 Å². The van der Waals surface area contributed by atoms with Gasteiger partial charge in [0.2, 0.25) is 0 Å². The summed E-state index contributed by atoms with van der Waals surface area (Å²) in [5, 5.41) is 0. The number of alkyl halides is 3. The van der Waals surface area contributed by atoms with Crippen molar-refractivity contribution in [2.75, 3.05) is 12.0 Å². The lowest BCUT2D eigenvalue weighted by molar-refractivity contribution is -0.106. The van der Waals surface area contributed by atoms with E-state index in [9.17, 15) is 21.9 Å². The zero-order chi connectivity index (χ0) is 10.4. The van der Waals surface area contributed by atoms with Crippen molar-refractivity contribution in [2.45, 2.75) is 6.18 Å². The Labute approximate surface area is 71.7 Å². The van der Waals surface area contributed by atoms with Gasteiger partial charge in [-0.3, -0.25) is 8.42 Å². The smallest absolute Gasteiger partial charge is 0.399 e. The SMILES string of the molecule is CS(=O)[O-].O=S([O-])CC(F)(F)F. The summed E-state index contributed by atoms with van der Waals surface area (Å²) >= 11 is -4.87. The first-order valence-electron chi connectivity index (χ1n) is 2.28. The number of rotatable bonds is 1. The van der Waals surface area contributed by atoms with Crippen LogP contribution in [0.5, 0.6) is 0 Å². The van der Waals surface area contributed by atoms with E-state index in [-0.39, 0.29) is 0 Å². The predicted octanol–water partition coefficient (Wildman–Crippen LogP) is -0.0769. The number of hydrogen-bond donors (Lipinski definition) is 0. The molecule has 0 rings (SSSR count). The highest BCUT2D eigenvalue weighted by Gasteiger charge is 2.26. The maximum Gasteiger partial charge on any atom is 0.399 e. The molecule has 0 spiro atoms. The van der Waals surface area contributed by atoms with Crippen LogP contribution in [-0.2, 0) is 22.2 Å². The van der Waals surface area contributed by atoms with Crippen molar-refractivity contribution in [1.29, 1.82) is 0 Å². The molecule has 0 bridgehead atoms. The molecule has 0 saturated carbocycles. The van der Waals surface area contributed by atoms with Crippen molar-refractivity contribution in [3.63, 3.8) is 0 Å². The molecule has 0 aliphatic carbocycles. The van der Waals surface area contributed by atoms with Gasteiger partial charge in [-0.2, -0.15) is 13.2 Å². The molecule has 2 atom stereocenters. The first-order chi connectivity index (χ1) is 5.15. The third-order valence-corrected chi connectivity index (χ3v) is 0.845. The fourth-order valence-electron chi connectivity index (χ4n) is 0.134. The molecule has 0 amide bonds. The highest BCUT2D eigenvalue weighted by molar-refractivity contribution is 7.79. The zero-order valence-electron chi connectivity index (χ0n) is 5.79. The van der Waals surface area contributed by atoms with Gasteiger partial charge < -0.3 is 9.11 Å². The summed E-state index contributed by atoms with van der Waals surface area (Å²) in [6.07, 6.45) is -3.51. The van der Waals surface area contributed by atoms with E-state index >= 15 is 0 Å². The molecule has 2 unspecified atom stereocenters. The van der Waals surface area contributed by atoms with Crippen molar-refractivity contribution in [2.24, 2.45) is 0 Å². The van der Waals surface area contributed by atoms with Crippen LogP contribution < -0.4 is 0 Å². The zero-order valence-corrected chi connectivity index (χ0v) is 7.42. The van der Waals surface area contributed by atoms with Gasteiger partial charge in [0, 0.05) is 0 Å². The second-order valence-electron chi connectivity index (χ2n) is 1.46. The van der Waals surface area contributed by atoms with Crippen LogP contribution >= 0.6 is 0 Å². The molecule has 9 heteroatoms. The summed E-state index contributed by atoms with van der Waals surface area (Å²) < 4.78 is 69.3. The van der Waals surface area contributed by atoms with E-state index in [0.29, 0.717) is 0 Å². The average molecular weight is 226 g/mol. The third-order valence-electron chi connectivity index (χ3n) is 0.282. The van der Waals surface area contributed by atoms with Gasteiger partial charge >= 0.3 is 6.18 Å². The van der Waals surface area contributed by atoms with Gasteiger partial charge in [0.25, 0.3) is 0 Å². The summed E-state index contributed by atoms with van der Waals surface area (Å²) in [5.74, 6) is -1.76. The van der Waals surface area contributed by atoms with Crippen LogP contribution in [-0.4, -0.2) is 35.7 Å². The van der Waals surface area contributed by atoms with E-state index in [2.05, 4.69) is 0 Å². The topological polar surface area (TPSA) is 80.3 Å². The maximum absolute atomic E-state index is 10.9. The van der Waals surface area contributed by atoms with E-state index in [1.807, 2.05) is 0 Å². The molecular formula is C3H5F3O4S2-2. The van der Waals surface area contributed by atoms with Crippen LogP contribution in [0.3, 0.4) is 0 Å². The van der Waals surface area contributed by atoms with E-state index in [1.165, 1.54) is 0 Å². The van der Waals surface area contributed by atoms with Crippen molar-refractivity contribution >= 4 is 22.2 Å². The van der Waals surface area contributed by atoms with Gasteiger partial charge in [0.1, 0.15) is 5.75 Å². The van der Waals surface area contributed by atoms with Gasteiger partial charge in [-0.25, -0.2) is 0 Å². The van der Waals surface area contributed by atoms with Crippen molar-refractivity contribution in [3.8, 4) is 0 Å². The Hall–Kier alpha value is 0.01000. The summed E-state index contributed by atoms with van der Waals surface area (Å²) in [4.78, 5) is 0. The molecule has 0 aliphatic rings. The van der Waals surface area contributed by atoms with Crippen molar-refractivity contribution in [3.05, 3.63) is 0 Å². The standard InChI is InChI=1S/C2H3F3O2S.CH4O2S/c3-2(4,5)1-8(6)7;1-4(2)3/h1H2,(H,6,7);1H3,(H,2,3)/p-2. The largest absolute Gasteiger partial charge is 0.773 e. The normalized spacial score (nSPS) is 15.8. The number of hydrogen-bond acceptors (Lipinski definition) is 4. The molecule has 0 radical (unpaired) electrons. The monoisotopic (exact) mass is 226 g/mol. The average Bonchev–Trinajstić information content (AvgIpc) is 1.52. The van der Waals surface area contributed by atoms with Crippen LogP contribution in [0.2, 0.25) is 0 Å². The molecule has 12 heavy (non-hydrogen) atoms. The first-order valence-corrected chi connectivity index (χ1v) is 5.01. The van der Waals surface area contributed by atoms with Crippen LogP contribution in [0.15, 0.2) is 0 Å². The molecule has 0 saturated heterocycles. The minimum absolute atomic E-state index is 1.08. The Kier molecular flexibility index (Phi) is 7.89. The first kappa shape index (κ1) is 14.5. The summed E-state index contributed by atoms with van der Waals surface area (Å²) in [6, 6.07) is 0. The van der Waals surface area contributed by atoms with Gasteiger partial charge in [-0.15, -0.1) is 0 Å². The Morgan fingerprint density at radius 2 is 1.50 bits per heavy atom. The fraction of sp³-hybridized carbons (Fsp3) is 1.00. The van der Waals surface area contributed by atoms with Gasteiger partial charge in [-0.05, 0) is 17.3 Å². The molecule has 0 heterocycles. The molecule has 4 nitrogen and oxygen atoms in total. The molecule has 0 aromatic heterocycles. The fourth-order valence-corrected chi connectivity index (χ4v) is 0.401. The molecule has 76 valence electrons. The van der Waals surface area contributed by atoms with Gasteiger partial charge in [-0.1, -0.05) is 11.1 Å². The lowest BCUT2D eigenvalue weighted by atomic mass is 10.8. The minimum Gasteiger partial charge on any atom is -0.773 e. The van der Waals surface area contributed by atoms with Gasteiger partial charge in [0.05, 0.1) is 0 Å². The lowest BCUT2D eigenvalue weighted by Gasteiger charge is -2.06. The Morgan fingerprint density at radius 3 is 1.50 bits per heavy atom. The molecule has 0 fully saturated rings. The molecule has 0 N–H and O–H groups in total. The molecular weight excluding hydrogens is 221 g/mol. The predicted molar refractivity (Wildman–Crippen MR) is 34.7 cm³/mol. The van der Waals surface area contributed by atoms with Gasteiger partial charge in [0.15, 0.2) is 0 Å². The second kappa shape index (κ2) is 6.52. The van der Waals surface area contributed by atoms with Crippen LogP contribution in [0.1, 0.15) is 0 Å². The Balaban J connectivity index is 0. The Morgan fingerprint density at radius 1 is 1.25 bits per heavy atom. The van der Waals surface area contributed by atoms with E-state index in [0.717, 1.165) is 6.26 Å². The molecule has 0 aromatic carbocycles. The Bertz CT molecular complexity index is 163. The van der Waals surface area contributed by atoms with E-state index < -0.39 is 34.1 Å².